The van der Waals surface area contributed by atoms with E-state index in [9.17, 15) is 4.79 Å². The summed E-state index contributed by atoms with van der Waals surface area (Å²) in [4.78, 5) is 18.0. The number of amides is 1. The molecule has 2 aliphatic heterocycles. The number of nitrogens with zero attached hydrogens (tertiary/aromatic N) is 4. The number of hydrogen-bond acceptors (Lipinski definition) is 4. The van der Waals surface area contributed by atoms with E-state index in [2.05, 4.69) is 20.2 Å². The van der Waals surface area contributed by atoms with E-state index in [0.29, 0.717) is 11.4 Å². The number of fused-ring (bicyclic) bond motifs is 1. The molecule has 48 valence electrons. The number of azo groups is 1. The van der Waals surface area contributed by atoms with Gasteiger partial charge in [-0.05, 0) is 0 Å². The van der Waals surface area contributed by atoms with Gasteiger partial charge < -0.3 is 0 Å². The van der Waals surface area contributed by atoms with E-state index in [4.69, 9.17) is 0 Å². The molecule has 0 N–H and O–H groups in total. The summed E-state index contributed by atoms with van der Waals surface area (Å²) in [7, 11) is 0. The van der Waals surface area contributed by atoms with Crippen LogP contribution in [-0.4, -0.2) is 18.1 Å². The summed E-state index contributed by atoms with van der Waals surface area (Å²) in [5.41, 5.74) is 0.377. The molecular weight excluding hydrogens is 132 g/mol. The van der Waals surface area contributed by atoms with Crippen molar-refractivity contribution in [3.8, 4) is 0 Å². The van der Waals surface area contributed by atoms with Gasteiger partial charge in [-0.2, -0.15) is 10.1 Å². The number of rotatable bonds is 0. The van der Waals surface area contributed by atoms with Crippen molar-refractivity contribution in [2.24, 2.45) is 20.2 Å². The Kier molecular flexibility index (Phi) is 0.858. The van der Waals surface area contributed by atoms with Crippen molar-refractivity contribution in [1.82, 2.24) is 0 Å². The first-order valence-electron chi connectivity index (χ1n) is 2.64. The van der Waals surface area contributed by atoms with Gasteiger partial charge in [-0.25, -0.2) is 4.99 Å². The highest BCUT2D eigenvalue weighted by Gasteiger charge is 2.20. The van der Waals surface area contributed by atoms with E-state index >= 15 is 0 Å². The largest absolute Gasteiger partial charge is 1.00 e. The molecule has 5 nitrogen and oxygen atoms in total. The Morgan fingerprint density at radius 2 is 2.40 bits per heavy atom. The van der Waals surface area contributed by atoms with E-state index in [1.165, 1.54) is 12.5 Å². The Morgan fingerprint density at radius 3 is 3.20 bits per heavy atom. The molecule has 2 aliphatic rings. The zero-order valence-electron chi connectivity index (χ0n) is 5.85. The van der Waals surface area contributed by atoms with E-state index in [1.807, 2.05) is 0 Å². The molecule has 0 aromatic carbocycles. The van der Waals surface area contributed by atoms with Gasteiger partial charge in [0.15, 0.2) is 5.84 Å². The smallest absolute Gasteiger partial charge is 0.267 e. The summed E-state index contributed by atoms with van der Waals surface area (Å²) in [6, 6.07) is 0. The zero-order valence-corrected chi connectivity index (χ0v) is 4.85. The van der Waals surface area contributed by atoms with Crippen LogP contribution in [0.15, 0.2) is 32.0 Å². The second-order valence-corrected chi connectivity index (χ2v) is 1.76. The van der Waals surface area contributed by atoms with Gasteiger partial charge in [0.25, 0.3) is 5.91 Å². The molecule has 0 radical (unpaired) electrons. The minimum Gasteiger partial charge on any atom is -0.267 e. The summed E-state index contributed by atoms with van der Waals surface area (Å²) >= 11 is 0. The molecule has 0 saturated carbocycles. The molecule has 2 rings (SSSR count). The Balaban J connectivity index is 0.000000605. The molecule has 0 atom stereocenters. The van der Waals surface area contributed by atoms with E-state index in [1.54, 1.807) is 0 Å². The number of amidine groups is 1. The Bertz CT molecular complexity index is 308. The fraction of sp³-hybridized carbons (Fsp3) is 0. The normalized spacial score (nSPS) is 20.6. The van der Waals surface area contributed by atoms with Crippen molar-refractivity contribution in [3.63, 3.8) is 0 Å². The topological polar surface area (TPSA) is 66.5 Å². The van der Waals surface area contributed by atoms with E-state index < -0.39 is 0 Å². The SMILES string of the molecule is O=C1N=CN=C2N=NC=C12.[H+]. The van der Waals surface area contributed by atoms with Crippen LogP contribution >= 0.6 is 0 Å². The molecule has 0 aliphatic carbocycles. The monoisotopic (exact) mass is 135 g/mol. The van der Waals surface area contributed by atoms with Crippen molar-refractivity contribution in [3.05, 3.63) is 11.8 Å². The van der Waals surface area contributed by atoms with Crippen molar-refractivity contribution in [2.75, 3.05) is 0 Å². The molecule has 0 bridgehead atoms. The quantitative estimate of drug-likeness (QED) is 0.474. The highest BCUT2D eigenvalue weighted by molar-refractivity contribution is 6.26. The van der Waals surface area contributed by atoms with Crippen LogP contribution in [0.3, 0.4) is 0 Å². The lowest BCUT2D eigenvalue weighted by atomic mass is 10.2. The molecule has 0 spiro atoms. The Labute approximate surface area is 57.4 Å². The van der Waals surface area contributed by atoms with Crippen LogP contribution in [0, 0.1) is 0 Å². The molecule has 0 unspecified atom stereocenters. The maximum absolute atomic E-state index is 10.8. The van der Waals surface area contributed by atoms with Gasteiger partial charge in [0.2, 0.25) is 0 Å². The highest BCUT2D eigenvalue weighted by atomic mass is 16.1. The van der Waals surface area contributed by atoms with E-state index in [-0.39, 0.29) is 7.33 Å². The molecule has 5 heteroatoms. The summed E-state index contributed by atoms with van der Waals surface area (Å²) in [6.07, 6.45) is 2.54. The minimum atomic E-state index is -0.324. The van der Waals surface area contributed by atoms with Gasteiger partial charge in [0, 0.05) is 0 Å². The lowest BCUT2D eigenvalue weighted by molar-refractivity contribution is -0.113. The van der Waals surface area contributed by atoms with Crippen LogP contribution in [-0.2, 0) is 4.79 Å². The van der Waals surface area contributed by atoms with Crippen LogP contribution in [0.2, 0.25) is 0 Å². The summed E-state index contributed by atoms with van der Waals surface area (Å²) in [6.45, 7) is 0. The third kappa shape index (κ3) is 0.540. The standard InChI is InChI=1S/C5H2N4O/c10-5-3-1-8-9-4(3)6-2-7-5/h1-2H/p+1. The molecule has 10 heavy (non-hydrogen) atoms. The lowest BCUT2D eigenvalue weighted by Gasteiger charge is -1.96. The van der Waals surface area contributed by atoms with E-state index in [0.717, 1.165) is 0 Å². The third-order valence-corrected chi connectivity index (χ3v) is 1.17. The maximum atomic E-state index is 10.8. The number of hydrogen-bond donors (Lipinski definition) is 0. The molecule has 0 aromatic rings. The lowest BCUT2D eigenvalue weighted by Crippen LogP contribution is -2.10. The molecular formula is C5H3N4O+. The van der Waals surface area contributed by atoms with Crippen molar-refractivity contribution in [2.45, 2.75) is 0 Å². The van der Waals surface area contributed by atoms with Crippen LogP contribution in [0.5, 0.6) is 0 Å². The van der Waals surface area contributed by atoms with Crippen LogP contribution in [0.1, 0.15) is 1.43 Å². The van der Waals surface area contributed by atoms with Crippen molar-refractivity contribution in [1.29, 1.82) is 0 Å². The number of carbonyl (C=O) groups excluding carboxylic acids is 1. The first-order chi connectivity index (χ1) is 4.88. The molecule has 1 amide bonds. The molecule has 0 saturated heterocycles. The van der Waals surface area contributed by atoms with Crippen molar-refractivity contribution >= 4 is 18.1 Å². The van der Waals surface area contributed by atoms with Gasteiger partial charge in [0.1, 0.15) is 11.9 Å². The minimum absolute atomic E-state index is 0. The predicted molar refractivity (Wildman–Crippen MR) is 35.0 cm³/mol. The average molecular weight is 135 g/mol. The third-order valence-electron chi connectivity index (χ3n) is 1.17. The summed E-state index contributed by atoms with van der Waals surface area (Å²) < 4.78 is 0. The van der Waals surface area contributed by atoms with Gasteiger partial charge >= 0.3 is 1.43 Å². The van der Waals surface area contributed by atoms with Crippen LogP contribution in [0.4, 0.5) is 0 Å². The van der Waals surface area contributed by atoms with Gasteiger partial charge in [-0.3, -0.25) is 4.79 Å². The maximum Gasteiger partial charge on any atom is 1.00 e. The molecule has 0 fully saturated rings. The average Bonchev–Trinajstić information content (AvgIpc) is 2.36. The predicted octanol–water partition coefficient (Wildman–Crippen LogP) is 0.416. The first kappa shape index (κ1) is 5.16. The van der Waals surface area contributed by atoms with Crippen LogP contribution in [0.25, 0.3) is 0 Å². The Morgan fingerprint density at radius 1 is 1.50 bits per heavy atom. The Hall–Kier alpha value is -1.65. The van der Waals surface area contributed by atoms with Crippen LogP contribution < -0.4 is 0 Å². The number of carbonyl (C=O) groups is 1. The highest BCUT2D eigenvalue weighted by Crippen LogP contribution is 2.12. The van der Waals surface area contributed by atoms with Gasteiger partial charge in [0.05, 0.1) is 6.20 Å². The molecule has 0 aromatic heterocycles. The fourth-order valence-corrected chi connectivity index (χ4v) is 0.705. The second kappa shape index (κ2) is 1.66. The van der Waals surface area contributed by atoms with Gasteiger partial charge in [-0.15, -0.1) is 5.11 Å². The van der Waals surface area contributed by atoms with Gasteiger partial charge in [-0.1, -0.05) is 0 Å². The second-order valence-electron chi connectivity index (χ2n) is 1.76. The zero-order chi connectivity index (χ0) is 6.97. The first-order valence-corrected chi connectivity index (χ1v) is 2.64. The molecule has 2 heterocycles. The summed E-state index contributed by atoms with van der Waals surface area (Å²) in [5.74, 6) is 0.0370. The van der Waals surface area contributed by atoms with Crippen molar-refractivity contribution < 1.29 is 6.22 Å². The summed E-state index contributed by atoms with van der Waals surface area (Å²) in [5, 5.41) is 7.09. The number of aliphatic imine (C=N–C) groups is 2. The fourth-order valence-electron chi connectivity index (χ4n) is 0.705.